The van der Waals surface area contributed by atoms with Crippen LogP contribution in [-0.2, 0) is 11.2 Å². The average Bonchev–Trinajstić information content (AvgIpc) is 2.88. The molecule has 0 saturated heterocycles. The van der Waals surface area contributed by atoms with Gasteiger partial charge in [-0.15, -0.1) is 0 Å². The number of benzene rings is 2. The van der Waals surface area contributed by atoms with E-state index in [1.165, 1.54) is 0 Å². The molecular formula is C19H18N2O2. The van der Waals surface area contributed by atoms with Crippen molar-refractivity contribution in [3.8, 4) is 11.5 Å². The van der Waals surface area contributed by atoms with Crippen molar-refractivity contribution >= 4 is 11.6 Å². The van der Waals surface area contributed by atoms with Gasteiger partial charge in [0.1, 0.15) is 5.76 Å². The molecule has 0 saturated carbocycles. The second kappa shape index (κ2) is 6.48. The maximum atomic E-state index is 12.0. The summed E-state index contributed by atoms with van der Waals surface area (Å²) in [5.74, 6) is 1.38. The van der Waals surface area contributed by atoms with E-state index in [0.29, 0.717) is 12.3 Å². The summed E-state index contributed by atoms with van der Waals surface area (Å²) in [6.07, 6.45) is 0.362. The normalized spacial score (nSPS) is 10.5. The molecule has 1 aromatic heterocycles. The second-order valence-electron chi connectivity index (χ2n) is 5.45. The summed E-state index contributed by atoms with van der Waals surface area (Å²) >= 11 is 0. The lowest BCUT2D eigenvalue weighted by atomic mass is 10.1. The Bertz CT molecular complexity index is 786. The largest absolute Gasteiger partial charge is 0.441 e. The number of hydrogen-bond donors (Lipinski definition) is 1. The van der Waals surface area contributed by atoms with Crippen molar-refractivity contribution in [1.82, 2.24) is 4.98 Å². The number of nitrogens with zero attached hydrogens (tertiary/aromatic N) is 1. The number of oxazole rings is 1. The number of carbonyl (C=O) groups is 1. The zero-order chi connectivity index (χ0) is 16.2. The molecule has 1 heterocycles. The molecule has 4 nitrogen and oxygen atoms in total. The van der Waals surface area contributed by atoms with Gasteiger partial charge in [-0.3, -0.25) is 4.79 Å². The zero-order valence-corrected chi connectivity index (χ0v) is 13.2. The highest BCUT2D eigenvalue weighted by Gasteiger charge is 2.09. The Hall–Kier alpha value is -2.88. The molecule has 0 radical (unpaired) electrons. The van der Waals surface area contributed by atoms with Gasteiger partial charge < -0.3 is 9.73 Å². The van der Waals surface area contributed by atoms with Gasteiger partial charge in [-0.1, -0.05) is 30.3 Å². The zero-order valence-electron chi connectivity index (χ0n) is 13.2. The van der Waals surface area contributed by atoms with Crippen LogP contribution in [0.5, 0.6) is 0 Å². The van der Waals surface area contributed by atoms with Crippen LogP contribution in [0.15, 0.2) is 59.0 Å². The summed E-state index contributed by atoms with van der Waals surface area (Å²) in [5.41, 5.74) is 3.53. The Morgan fingerprint density at radius 2 is 1.74 bits per heavy atom. The van der Waals surface area contributed by atoms with E-state index in [4.69, 9.17) is 4.42 Å². The Kier molecular flexibility index (Phi) is 4.24. The number of carbonyl (C=O) groups excluding carboxylic acids is 1. The first kappa shape index (κ1) is 15.0. The Labute approximate surface area is 135 Å². The van der Waals surface area contributed by atoms with E-state index >= 15 is 0 Å². The minimum Gasteiger partial charge on any atom is -0.441 e. The standard InChI is InChI=1S/C19H18N2O2/c1-13-14(2)23-19(20-13)16-8-10-17(11-9-16)21-18(22)12-15-6-4-3-5-7-15/h3-11H,12H2,1-2H3,(H,21,22). The van der Waals surface area contributed by atoms with Gasteiger partial charge in [-0.2, -0.15) is 0 Å². The fourth-order valence-corrected chi connectivity index (χ4v) is 2.28. The summed E-state index contributed by atoms with van der Waals surface area (Å²) < 4.78 is 5.60. The van der Waals surface area contributed by atoms with Crippen LogP contribution in [0.3, 0.4) is 0 Å². The number of anilines is 1. The van der Waals surface area contributed by atoms with Crippen molar-refractivity contribution in [1.29, 1.82) is 0 Å². The van der Waals surface area contributed by atoms with Crippen LogP contribution < -0.4 is 5.32 Å². The molecule has 2 aromatic carbocycles. The summed E-state index contributed by atoms with van der Waals surface area (Å²) in [6, 6.07) is 17.2. The predicted octanol–water partition coefficient (Wildman–Crippen LogP) is 4.14. The maximum absolute atomic E-state index is 12.0. The summed E-state index contributed by atoms with van der Waals surface area (Å²) in [5, 5.41) is 2.90. The molecule has 116 valence electrons. The Morgan fingerprint density at radius 3 is 2.35 bits per heavy atom. The van der Waals surface area contributed by atoms with Crippen LogP contribution in [0.1, 0.15) is 17.0 Å². The fraction of sp³-hybridized carbons (Fsp3) is 0.158. The SMILES string of the molecule is Cc1nc(-c2ccc(NC(=O)Cc3ccccc3)cc2)oc1C. The van der Waals surface area contributed by atoms with Crippen molar-refractivity contribution in [3.05, 3.63) is 71.6 Å². The van der Waals surface area contributed by atoms with Gasteiger partial charge in [0.2, 0.25) is 11.8 Å². The van der Waals surface area contributed by atoms with Crippen LogP contribution in [0, 0.1) is 13.8 Å². The third-order valence-corrected chi connectivity index (χ3v) is 3.65. The first-order valence-electron chi connectivity index (χ1n) is 7.50. The Morgan fingerprint density at radius 1 is 1.04 bits per heavy atom. The van der Waals surface area contributed by atoms with Crippen molar-refractivity contribution in [2.75, 3.05) is 5.32 Å². The van der Waals surface area contributed by atoms with Gasteiger partial charge in [0, 0.05) is 11.3 Å². The average molecular weight is 306 g/mol. The number of hydrogen-bond acceptors (Lipinski definition) is 3. The highest BCUT2D eigenvalue weighted by molar-refractivity contribution is 5.92. The van der Waals surface area contributed by atoms with Gasteiger partial charge in [0.15, 0.2) is 0 Å². The molecule has 4 heteroatoms. The third-order valence-electron chi connectivity index (χ3n) is 3.65. The molecule has 1 amide bonds. The highest BCUT2D eigenvalue weighted by Crippen LogP contribution is 2.23. The lowest BCUT2D eigenvalue weighted by Gasteiger charge is -2.06. The number of rotatable bonds is 4. The lowest BCUT2D eigenvalue weighted by Crippen LogP contribution is -2.14. The molecule has 3 rings (SSSR count). The molecule has 0 atom stereocenters. The van der Waals surface area contributed by atoms with Crippen LogP contribution in [-0.4, -0.2) is 10.9 Å². The Balaban J connectivity index is 1.66. The van der Waals surface area contributed by atoms with E-state index in [1.807, 2.05) is 68.4 Å². The fourth-order valence-electron chi connectivity index (χ4n) is 2.28. The molecule has 0 aliphatic rings. The van der Waals surface area contributed by atoms with Gasteiger partial charge in [-0.05, 0) is 43.7 Å². The first-order chi connectivity index (χ1) is 11.1. The maximum Gasteiger partial charge on any atom is 0.228 e. The monoisotopic (exact) mass is 306 g/mol. The van der Waals surface area contributed by atoms with E-state index in [9.17, 15) is 4.79 Å². The van der Waals surface area contributed by atoms with Crippen molar-refractivity contribution in [3.63, 3.8) is 0 Å². The molecule has 0 aliphatic heterocycles. The first-order valence-corrected chi connectivity index (χ1v) is 7.50. The minimum atomic E-state index is -0.0354. The number of nitrogens with one attached hydrogen (secondary N) is 1. The van der Waals surface area contributed by atoms with Crippen molar-refractivity contribution in [2.45, 2.75) is 20.3 Å². The van der Waals surface area contributed by atoms with Gasteiger partial charge in [0.25, 0.3) is 0 Å². The molecule has 1 N–H and O–H groups in total. The highest BCUT2D eigenvalue weighted by atomic mass is 16.4. The van der Waals surface area contributed by atoms with Crippen LogP contribution >= 0.6 is 0 Å². The number of aryl methyl sites for hydroxylation is 2. The predicted molar refractivity (Wildman–Crippen MR) is 90.2 cm³/mol. The lowest BCUT2D eigenvalue weighted by molar-refractivity contribution is -0.115. The molecule has 0 aliphatic carbocycles. The second-order valence-corrected chi connectivity index (χ2v) is 5.45. The van der Waals surface area contributed by atoms with E-state index in [-0.39, 0.29) is 5.91 Å². The van der Waals surface area contributed by atoms with Crippen molar-refractivity contribution < 1.29 is 9.21 Å². The molecule has 0 unspecified atom stereocenters. The number of amides is 1. The van der Waals surface area contributed by atoms with E-state index in [1.54, 1.807) is 0 Å². The summed E-state index contributed by atoms with van der Waals surface area (Å²) in [6.45, 7) is 3.81. The summed E-state index contributed by atoms with van der Waals surface area (Å²) in [4.78, 5) is 16.4. The van der Waals surface area contributed by atoms with Crippen LogP contribution in [0.2, 0.25) is 0 Å². The molecule has 23 heavy (non-hydrogen) atoms. The molecular weight excluding hydrogens is 288 g/mol. The van der Waals surface area contributed by atoms with Crippen LogP contribution in [0.25, 0.3) is 11.5 Å². The molecule has 0 spiro atoms. The smallest absolute Gasteiger partial charge is 0.228 e. The van der Waals surface area contributed by atoms with E-state index < -0.39 is 0 Å². The quantitative estimate of drug-likeness (QED) is 0.788. The minimum absolute atomic E-state index is 0.0354. The topological polar surface area (TPSA) is 55.1 Å². The molecule has 0 fully saturated rings. The van der Waals surface area contributed by atoms with E-state index in [0.717, 1.165) is 28.3 Å². The number of aromatic nitrogens is 1. The molecule has 0 bridgehead atoms. The summed E-state index contributed by atoms with van der Waals surface area (Å²) in [7, 11) is 0. The third kappa shape index (κ3) is 3.66. The molecule has 3 aromatic rings. The van der Waals surface area contributed by atoms with E-state index in [2.05, 4.69) is 10.3 Å². The van der Waals surface area contributed by atoms with Crippen molar-refractivity contribution in [2.24, 2.45) is 0 Å². The van der Waals surface area contributed by atoms with Gasteiger partial charge in [0.05, 0.1) is 12.1 Å². The van der Waals surface area contributed by atoms with Gasteiger partial charge >= 0.3 is 0 Å². The van der Waals surface area contributed by atoms with Crippen LogP contribution in [0.4, 0.5) is 5.69 Å². The van der Waals surface area contributed by atoms with Gasteiger partial charge in [-0.25, -0.2) is 4.98 Å².